The van der Waals surface area contributed by atoms with Crippen LogP contribution in [0.25, 0.3) is 11.0 Å². The molecule has 2 heterocycles. The molecule has 0 atom stereocenters. The van der Waals surface area contributed by atoms with E-state index in [1.165, 1.54) is 10.2 Å². The van der Waals surface area contributed by atoms with Crippen LogP contribution in [0.3, 0.4) is 0 Å². The molecule has 1 aliphatic rings. The third-order valence-corrected chi connectivity index (χ3v) is 4.57. The van der Waals surface area contributed by atoms with Crippen LogP contribution in [0.5, 0.6) is 0 Å². The molecule has 2 aromatic carbocycles. The van der Waals surface area contributed by atoms with Crippen LogP contribution in [-0.4, -0.2) is 45.1 Å². The van der Waals surface area contributed by atoms with E-state index in [1.54, 1.807) is 0 Å². The minimum absolute atomic E-state index is 0.116. The first-order valence-corrected chi connectivity index (χ1v) is 8.56. The molecule has 1 aromatic heterocycles. The Morgan fingerprint density at radius 2 is 1.76 bits per heavy atom. The normalized spacial score (nSPS) is 15.6. The molecule has 1 fully saturated rings. The molecule has 0 spiro atoms. The van der Waals surface area contributed by atoms with Gasteiger partial charge in [-0.3, -0.25) is 0 Å². The van der Waals surface area contributed by atoms with E-state index >= 15 is 0 Å². The minimum atomic E-state index is -0.116. The van der Waals surface area contributed by atoms with Crippen molar-refractivity contribution in [1.29, 1.82) is 0 Å². The number of carbonyl (C=O) groups is 1. The van der Waals surface area contributed by atoms with Crippen LogP contribution < -0.4 is 0 Å². The van der Waals surface area contributed by atoms with Crippen LogP contribution >= 0.6 is 0 Å². The number of ether oxygens (including phenoxy) is 1. The number of likely N-dealkylation sites (tertiary alicyclic amines) is 1. The second-order valence-corrected chi connectivity index (χ2v) is 6.26. The van der Waals surface area contributed by atoms with Gasteiger partial charge in [-0.25, -0.2) is 4.79 Å². The number of carbonyl (C=O) groups excluding carboxylic acids is 1. The van der Waals surface area contributed by atoms with Crippen molar-refractivity contribution in [1.82, 2.24) is 19.9 Å². The summed E-state index contributed by atoms with van der Waals surface area (Å²) in [6.07, 6.45) is 1.87. The molecule has 3 aromatic rings. The Balaban J connectivity index is 1.34. The van der Waals surface area contributed by atoms with Crippen molar-refractivity contribution in [3.05, 3.63) is 60.2 Å². The van der Waals surface area contributed by atoms with E-state index in [1.807, 2.05) is 47.4 Å². The third kappa shape index (κ3) is 3.39. The van der Waals surface area contributed by atoms with E-state index in [-0.39, 0.29) is 12.1 Å². The second-order valence-electron chi connectivity index (χ2n) is 6.26. The Morgan fingerprint density at radius 3 is 2.56 bits per heavy atom. The lowest BCUT2D eigenvalue weighted by atomic mass is 10.1. The van der Waals surface area contributed by atoms with Crippen molar-refractivity contribution in [3.8, 4) is 0 Å². The number of nitrogens with zero attached hydrogens (tertiary/aromatic N) is 4. The van der Waals surface area contributed by atoms with E-state index in [9.17, 15) is 4.79 Å². The maximum Gasteiger partial charge on any atom is 0.346 e. The maximum absolute atomic E-state index is 12.7. The fourth-order valence-corrected chi connectivity index (χ4v) is 3.15. The smallest absolute Gasteiger partial charge is 0.346 e. The second kappa shape index (κ2) is 7.03. The van der Waals surface area contributed by atoms with Gasteiger partial charge in [-0.05, 0) is 30.5 Å². The average molecular weight is 336 g/mol. The highest BCUT2D eigenvalue weighted by Gasteiger charge is 2.25. The first kappa shape index (κ1) is 15.8. The number of benzene rings is 2. The van der Waals surface area contributed by atoms with Crippen LogP contribution in [0.4, 0.5) is 4.79 Å². The molecule has 4 rings (SSSR count). The Bertz CT molecular complexity index is 854. The molecule has 0 saturated carbocycles. The van der Waals surface area contributed by atoms with Crippen LogP contribution in [-0.2, 0) is 11.3 Å². The largest absolute Gasteiger partial charge is 0.373 e. The van der Waals surface area contributed by atoms with Gasteiger partial charge >= 0.3 is 6.03 Å². The summed E-state index contributed by atoms with van der Waals surface area (Å²) in [6, 6.07) is 17.5. The number of para-hydroxylation sites is 1. The van der Waals surface area contributed by atoms with Gasteiger partial charge < -0.3 is 9.64 Å². The van der Waals surface area contributed by atoms with Gasteiger partial charge in [0.05, 0.1) is 18.2 Å². The molecule has 25 heavy (non-hydrogen) atoms. The Labute approximate surface area is 146 Å². The molecule has 0 aliphatic carbocycles. The molecule has 128 valence electrons. The molecule has 0 unspecified atom stereocenters. The lowest BCUT2D eigenvalue weighted by Crippen LogP contribution is -2.43. The number of hydrogen-bond acceptors (Lipinski definition) is 4. The molecule has 0 radical (unpaired) electrons. The van der Waals surface area contributed by atoms with E-state index in [0.29, 0.717) is 19.7 Å². The van der Waals surface area contributed by atoms with Gasteiger partial charge in [0.2, 0.25) is 0 Å². The number of piperidine rings is 1. The van der Waals surface area contributed by atoms with E-state index in [2.05, 4.69) is 22.4 Å². The Morgan fingerprint density at radius 1 is 1.04 bits per heavy atom. The number of aromatic nitrogens is 3. The predicted octanol–water partition coefficient (Wildman–Crippen LogP) is 3.08. The van der Waals surface area contributed by atoms with Crippen molar-refractivity contribution in [3.63, 3.8) is 0 Å². The fraction of sp³-hybridized carbons (Fsp3) is 0.316. The molecular formula is C19H20N4O2. The number of fused-ring (bicyclic) bond motifs is 1. The summed E-state index contributed by atoms with van der Waals surface area (Å²) in [5, 5.41) is 8.06. The number of hydrogen-bond donors (Lipinski definition) is 0. The van der Waals surface area contributed by atoms with Crippen LogP contribution in [0.2, 0.25) is 0 Å². The number of amides is 1. The lowest BCUT2D eigenvalue weighted by molar-refractivity contribution is 0.00441. The van der Waals surface area contributed by atoms with Gasteiger partial charge in [-0.2, -0.15) is 4.68 Å². The zero-order chi connectivity index (χ0) is 17.1. The first-order valence-electron chi connectivity index (χ1n) is 8.56. The van der Waals surface area contributed by atoms with Crippen molar-refractivity contribution in [2.24, 2.45) is 0 Å². The molecular weight excluding hydrogens is 316 g/mol. The topological polar surface area (TPSA) is 60.2 Å². The number of rotatable bonds is 3. The summed E-state index contributed by atoms with van der Waals surface area (Å²) >= 11 is 0. The zero-order valence-corrected chi connectivity index (χ0v) is 13.9. The monoisotopic (exact) mass is 336 g/mol. The zero-order valence-electron chi connectivity index (χ0n) is 13.9. The minimum Gasteiger partial charge on any atom is -0.373 e. The average Bonchev–Trinajstić information content (AvgIpc) is 3.11. The molecule has 1 amide bonds. The summed E-state index contributed by atoms with van der Waals surface area (Å²) in [5.41, 5.74) is 2.65. The van der Waals surface area contributed by atoms with Gasteiger partial charge in [-0.1, -0.05) is 47.7 Å². The standard InChI is InChI=1S/C19H20N4O2/c24-19(23-18-9-5-4-8-17(18)20-21-23)22-12-10-16(11-13-22)25-14-15-6-2-1-3-7-15/h1-9,16H,10-14H2. The molecule has 6 heteroatoms. The summed E-state index contributed by atoms with van der Waals surface area (Å²) in [6.45, 7) is 1.96. The highest BCUT2D eigenvalue weighted by molar-refractivity contribution is 5.87. The van der Waals surface area contributed by atoms with Crippen LogP contribution in [0.1, 0.15) is 18.4 Å². The van der Waals surface area contributed by atoms with E-state index in [4.69, 9.17) is 4.74 Å². The fourth-order valence-electron chi connectivity index (χ4n) is 3.15. The quantitative estimate of drug-likeness (QED) is 0.737. The molecule has 1 aliphatic heterocycles. The maximum atomic E-state index is 12.7. The lowest BCUT2D eigenvalue weighted by Gasteiger charge is -2.31. The Hall–Kier alpha value is -2.73. The summed E-state index contributed by atoms with van der Waals surface area (Å²) in [4.78, 5) is 14.5. The summed E-state index contributed by atoms with van der Waals surface area (Å²) in [5.74, 6) is 0. The van der Waals surface area contributed by atoms with Crippen molar-refractivity contribution < 1.29 is 9.53 Å². The van der Waals surface area contributed by atoms with Crippen molar-refractivity contribution in [2.75, 3.05) is 13.1 Å². The molecule has 1 saturated heterocycles. The van der Waals surface area contributed by atoms with Gasteiger partial charge in [-0.15, -0.1) is 5.10 Å². The summed E-state index contributed by atoms with van der Waals surface area (Å²) < 4.78 is 7.37. The Kier molecular flexibility index (Phi) is 4.43. The van der Waals surface area contributed by atoms with Crippen molar-refractivity contribution in [2.45, 2.75) is 25.6 Å². The highest BCUT2D eigenvalue weighted by Crippen LogP contribution is 2.18. The summed E-state index contributed by atoms with van der Waals surface area (Å²) in [7, 11) is 0. The van der Waals surface area contributed by atoms with Gasteiger partial charge in [0.1, 0.15) is 5.52 Å². The first-order chi connectivity index (χ1) is 12.3. The van der Waals surface area contributed by atoms with E-state index < -0.39 is 0 Å². The SMILES string of the molecule is O=C(N1CCC(OCc2ccccc2)CC1)n1nnc2ccccc21. The van der Waals surface area contributed by atoms with Gasteiger partial charge in [0.15, 0.2) is 0 Å². The molecule has 0 bridgehead atoms. The van der Waals surface area contributed by atoms with E-state index in [0.717, 1.165) is 23.9 Å². The van der Waals surface area contributed by atoms with Crippen LogP contribution in [0.15, 0.2) is 54.6 Å². The van der Waals surface area contributed by atoms with Crippen molar-refractivity contribution >= 4 is 17.1 Å². The van der Waals surface area contributed by atoms with Crippen LogP contribution in [0, 0.1) is 0 Å². The molecule has 6 nitrogen and oxygen atoms in total. The highest BCUT2D eigenvalue weighted by atomic mass is 16.5. The third-order valence-electron chi connectivity index (χ3n) is 4.57. The predicted molar refractivity (Wildman–Crippen MR) is 94.1 cm³/mol. The van der Waals surface area contributed by atoms with Gasteiger partial charge in [0.25, 0.3) is 0 Å². The molecule has 0 N–H and O–H groups in total. The van der Waals surface area contributed by atoms with Gasteiger partial charge in [0, 0.05) is 13.1 Å².